The second-order valence-corrected chi connectivity index (χ2v) is 7.83. The predicted octanol–water partition coefficient (Wildman–Crippen LogP) is 2.55. The summed E-state index contributed by atoms with van der Waals surface area (Å²) in [4.78, 5) is 37.8. The number of nitrogens with zero attached hydrogens (tertiary/aromatic N) is 1. The molecule has 160 valence electrons. The smallest absolute Gasteiger partial charge is 0.263 e. The number of pyridine rings is 1. The van der Waals surface area contributed by atoms with E-state index in [4.69, 9.17) is 0 Å². The topological polar surface area (TPSA) is 92.2 Å². The molecule has 3 rings (SSSR count). The van der Waals surface area contributed by atoms with Crippen molar-refractivity contribution in [2.45, 2.75) is 39.7 Å². The maximum absolute atomic E-state index is 13.0. The van der Waals surface area contributed by atoms with Crippen LogP contribution in [0.2, 0.25) is 0 Å². The second-order valence-electron chi connectivity index (χ2n) is 7.83. The van der Waals surface area contributed by atoms with E-state index in [2.05, 4.69) is 16.0 Å². The van der Waals surface area contributed by atoms with Crippen molar-refractivity contribution in [3.8, 4) is 0 Å². The molecule has 2 heterocycles. The third-order valence-electron chi connectivity index (χ3n) is 5.39. The number of amides is 2. The van der Waals surface area contributed by atoms with Gasteiger partial charge in [0.1, 0.15) is 5.56 Å². The van der Waals surface area contributed by atoms with Crippen molar-refractivity contribution >= 4 is 17.5 Å². The number of benzene rings is 1. The highest BCUT2D eigenvalue weighted by molar-refractivity contribution is 6.05. The van der Waals surface area contributed by atoms with Crippen LogP contribution < -0.4 is 21.5 Å². The zero-order valence-electron chi connectivity index (χ0n) is 17.7. The highest BCUT2D eigenvalue weighted by Gasteiger charge is 2.19. The molecule has 1 atom stereocenters. The summed E-state index contributed by atoms with van der Waals surface area (Å²) < 4.78 is 1.64. The third-order valence-corrected chi connectivity index (χ3v) is 5.39. The van der Waals surface area contributed by atoms with Gasteiger partial charge in [0.25, 0.3) is 17.4 Å². The molecule has 0 radical (unpaired) electrons. The standard InChI is InChI=1S/C23H30N4O3/c1-3-11-25-21(28)18-6-8-19(9-7-18)26-22(29)20-16(2)10-13-27(23(20)30)15-17-5-4-12-24-14-17/h6-10,13,17,24H,3-5,11-12,14-15H2,1-2H3,(H,25,28)(H,26,29). The maximum Gasteiger partial charge on any atom is 0.263 e. The minimum atomic E-state index is -0.434. The fourth-order valence-electron chi connectivity index (χ4n) is 3.68. The first-order valence-electron chi connectivity index (χ1n) is 10.6. The summed E-state index contributed by atoms with van der Waals surface area (Å²) >= 11 is 0. The van der Waals surface area contributed by atoms with Gasteiger partial charge in [-0.25, -0.2) is 0 Å². The van der Waals surface area contributed by atoms with E-state index < -0.39 is 5.91 Å². The molecule has 0 saturated carbocycles. The van der Waals surface area contributed by atoms with Crippen LogP contribution in [-0.4, -0.2) is 36.0 Å². The van der Waals surface area contributed by atoms with Gasteiger partial charge in [-0.1, -0.05) is 6.92 Å². The molecule has 0 bridgehead atoms. The number of aryl methyl sites for hydroxylation is 1. The lowest BCUT2D eigenvalue weighted by molar-refractivity contribution is 0.0953. The van der Waals surface area contributed by atoms with Crippen molar-refractivity contribution in [2.75, 3.05) is 25.0 Å². The van der Waals surface area contributed by atoms with Gasteiger partial charge in [0.15, 0.2) is 0 Å². The molecule has 1 aliphatic rings. The van der Waals surface area contributed by atoms with E-state index in [1.54, 1.807) is 42.0 Å². The Kier molecular flexibility index (Phi) is 7.41. The Bertz CT molecular complexity index is 944. The van der Waals surface area contributed by atoms with Crippen LogP contribution in [0.5, 0.6) is 0 Å². The second kappa shape index (κ2) is 10.2. The van der Waals surface area contributed by atoms with E-state index in [0.717, 1.165) is 32.4 Å². The average Bonchev–Trinajstić information content (AvgIpc) is 2.75. The maximum atomic E-state index is 13.0. The molecule has 1 aromatic carbocycles. The number of rotatable bonds is 7. The zero-order valence-corrected chi connectivity index (χ0v) is 17.7. The summed E-state index contributed by atoms with van der Waals surface area (Å²) in [7, 11) is 0. The molecule has 30 heavy (non-hydrogen) atoms. The van der Waals surface area contributed by atoms with Gasteiger partial charge in [-0.2, -0.15) is 0 Å². The van der Waals surface area contributed by atoms with Crippen LogP contribution in [0.4, 0.5) is 5.69 Å². The summed E-state index contributed by atoms with van der Waals surface area (Å²) in [6, 6.07) is 8.47. The van der Waals surface area contributed by atoms with Crippen LogP contribution in [0.15, 0.2) is 41.3 Å². The first-order valence-corrected chi connectivity index (χ1v) is 10.6. The van der Waals surface area contributed by atoms with Gasteiger partial charge in [0, 0.05) is 30.5 Å². The third kappa shape index (κ3) is 5.36. The number of carbonyl (C=O) groups excluding carboxylic acids is 2. The van der Waals surface area contributed by atoms with Gasteiger partial charge in [-0.3, -0.25) is 14.4 Å². The molecule has 7 heteroatoms. The van der Waals surface area contributed by atoms with Crippen molar-refractivity contribution in [1.82, 2.24) is 15.2 Å². The molecule has 2 aromatic rings. The lowest BCUT2D eigenvalue weighted by Gasteiger charge is -2.23. The predicted molar refractivity (Wildman–Crippen MR) is 118 cm³/mol. The number of piperidine rings is 1. The normalized spacial score (nSPS) is 16.1. The molecular weight excluding hydrogens is 380 g/mol. The van der Waals surface area contributed by atoms with Crippen molar-refractivity contribution in [3.63, 3.8) is 0 Å². The Morgan fingerprint density at radius 1 is 1.17 bits per heavy atom. The lowest BCUT2D eigenvalue weighted by atomic mass is 9.99. The molecule has 0 spiro atoms. The van der Waals surface area contributed by atoms with Crippen LogP contribution in [0, 0.1) is 12.8 Å². The van der Waals surface area contributed by atoms with Crippen molar-refractivity contribution < 1.29 is 9.59 Å². The SMILES string of the molecule is CCCNC(=O)c1ccc(NC(=O)c2c(C)ccn(CC3CCCNC3)c2=O)cc1. The summed E-state index contributed by atoms with van der Waals surface area (Å²) in [6.45, 7) is 6.89. The van der Waals surface area contributed by atoms with Crippen LogP contribution >= 0.6 is 0 Å². The molecule has 0 aliphatic carbocycles. The Morgan fingerprint density at radius 3 is 2.60 bits per heavy atom. The molecular formula is C23H30N4O3. The average molecular weight is 411 g/mol. The van der Waals surface area contributed by atoms with Gasteiger partial charge >= 0.3 is 0 Å². The summed E-state index contributed by atoms with van der Waals surface area (Å²) in [6.07, 6.45) is 4.82. The first-order chi connectivity index (χ1) is 14.5. The number of hydrogen-bond donors (Lipinski definition) is 3. The first kappa shape index (κ1) is 21.8. The summed E-state index contributed by atoms with van der Waals surface area (Å²) in [5.74, 6) is -0.188. The van der Waals surface area contributed by atoms with E-state index >= 15 is 0 Å². The van der Waals surface area contributed by atoms with Gasteiger partial charge in [-0.05, 0) is 81.1 Å². The van der Waals surface area contributed by atoms with Crippen molar-refractivity contribution in [3.05, 3.63) is 63.6 Å². The fourth-order valence-corrected chi connectivity index (χ4v) is 3.68. The van der Waals surface area contributed by atoms with Crippen LogP contribution in [0.25, 0.3) is 0 Å². The Morgan fingerprint density at radius 2 is 1.93 bits per heavy atom. The number of aromatic nitrogens is 1. The monoisotopic (exact) mass is 410 g/mol. The molecule has 1 unspecified atom stereocenters. The van der Waals surface area contributed by atoms with E-state index in [1.807, 2.05) is 13.0 Å². The molecule has 1 aliphatic heterocycles. The fraction of sp³-hybridized carbons (Fsp3) is 0.435. The molecule has 7 nitrogen and oxygen atoms in total. The van der Waals surface area contributed by atoms with Crippen LogP contribution in [0.3, 0.4) is 0 Å². The summed E-state index contributed by atoms with van der Waals surface area (Å²) in [5, 5.41) is 8.95. The Hall–Kier alpha value is -2.93. The largest absolute Gasteiger partial charge is 0.352 e. The molecule has 3 N–H and O–H groups in total. The number of hydrogen-bond acceptors (Lipinski definition) is 4. The summed E-state index contributed by atoms with van der Waals surface area (Å²) in [5.41, 5.74) is 1.60. The lowest BCUT2D eigenvalue weighted by Crippen LogP contribution is -2.36. The minimum Gasteiger partial charge on any atom is -0.352 e. The molecule has 1 aromatic heterocycles. The highest BCUT2D eigenvalue weighted by Crippen LogP contribution is 2.14. The van der Waals surface area contributed by atoms with Crippen LogP contribution in [-0.2, 0) is 6.54 Å². The molecule has 1 saturated heterocycles. The number of carbonyl (C=O) groups is 2. The van der Waals surface area contributed by atoms with E-state index in [9.17, 15) is 14.4 Å². The van der Waals surface area contributed by atoms with Gasteiger partial charge in [0.2, 0.25) is 0 Å². The minimum absolute atomic E-state index is 0.145. The van der Waals surface area contributed by atoms with Crippen LogP contribution in [0.1, 0.15) is 52.5 Å². The molecule has 1 fully saturated rings. The van der Waals surface area contributed by atoms with Crippen molar-refractivity contribution in [2.24, 2.45) is 5.92 Å². The Balaban J connectivity index is 1.72. The van der Waals surface area contributed by atoms with E-state index in [-0.39, 0.29) is 17.0 Å². The highest BCUT2D eigenvalue weighted by atomic mass is 16.2. The van der Waals surface area contributed by atoms with Gasteiger partial charge in [-0.15, -0.1) is 0 Å². The van der Waals surface area contributed by atoms with E-state index in [1.165, 1.54) is 0 Å². The Labute approximate surface area is 176 Å². The zero-order chi connectivity index (χ0) is 21.5. The number of anilines is 1. The van der Waals surface area contributed by atoms with Gasteiger partial charge in [0.05, 0.1) is 0 Å². The molecule has 2 amide bonds. The van der Waals surface area contributed by atoms with Crippen molar-refractivity contribution in [1.29, 1.82) is 0 Å². The van der Waals surface area contributed by atoms with E-state index in [0.29, 0.717) is 35.8 Å². The number of nitrogens with one attached hydrogen (secondary N) is 3. The quantitative estimate of drug-likeness (QED) is 0.654. The van der Waals surface area contributed by atoms with Gasteiger partial charge < -0.3 is 20.5 Å².